The average Bonchev–Trinajstić information content (AvgIpc) is 2.70. The number of nitrogens with one attached hydrogen (secondary N) is 1. The smallest absolute Gasteiger partial charge is 0.307 e. The molecule has 7 nitrogen and oxygen atoms in total. The lowest BCUT2D eigenvalue weighted by atomic mass is 10.4. The number of hydrogen-bond donors (Lipinski definition) is 1. The zero-order valence-electron chi connectivity index (χ0n) is 8.64. The van der Waals surface area contributed by atoms with Crippen LogP contribution in [0.15, 0.2) is 17.3 Å². The zero-order valence-corrected chi connectivity index (χ0v) is 8.64. The fourth-order valence-corrected chi connectivity index (χ4v) is 1.23. The summed E-state index contributed by atoms with van der Waals surface area (Å²) >= 11 is 0. The van der Waals surface area contributed by atoms with Crippen LogP contribution in [0.5, 0.6) is 0 Å². The summed E-state index contributed by atoms with van der Waals surface area (Å²) in [5.41, 5.74) is 0.130. The molecule has 2 aromatic heterocycles. The van der Waals surface area contributed by atoms with Crippen LogP contribution in [0, 0.1) is 0 Å². The maximum Gasteiger partial charge on any atom is 0.307 e. The van der Waals surface area contributed by atoms with Crippen LogP contribution in [0.3, 0.4) is 0 Å². The van der Waals surface area contributed by atoms with Crippen molar-refractivity contribution in [1.29, 1.82) is 0 Å². The first-order chi connectivity index (χ1) is 7.72. The van der Waals surface area contributed by atoms with Crippen LogP contribution in [-0.2, 0) is 16.3 Å². The molecule has 0 aliphatic rings. The molecular formula is C9H10N4O3. The van der Waals surface area contributed by atoms with Gasteiger partial charge in [0.2, 0.25) is 0 Å². The van der Waals surface area contributed by atoms with Crippen molar-refractivity contribution < 1.29 is 9.53 Å². The van der Waals surface area contributed by atoms with Gasteiger partial charge in [-0.2, -0.15) is 5.10 Å². The molecule has 7 heteroatoms. The van der Waals surface area contributed by atoms with Crippen LogP contribution in [0.25, 0.3) is 11.0 Å². The number of carbonyl (C=O) groups is 1. The molecule has 0 saturated carbocycles. The Balaban J connectivity index is 2.29. The molecule has 2 rings (SSSR count). The first kappa shape index (κ1) is 10.3. The van der Waals surface area contributed by atoms with E-state index in [0.717, 1.165) is 0 Å². The van der Waals surface area contributed by atoms with Gasteiger partial charge in [0, 0.05) is 6.42 Å². The van der Waals surface area contributed by atoms with E-state index in [1.54, 1.807) is 6.92 Å². The van der Waals surface area contributed by atoms with E-state index in [0.29, 0.717) is 17.5 Å². The van der Waals surface area contributed by atoms with E-state index in [1.807, 2.05) is 0 Å². The minimum Gasteiger partial charge on any atom is -0.442 e. The lowest BCUT2D eigenvalue weighted by Crippen LogP contribution is -2.11. The molecule has 2 aromatic rings. The Bertz CT molecular complexity index is 571. The van der Waals surface area contributed by atoms with E-state index in [4.69, 9.17) is 4.74 Å². The van der Waals surface area contributed by atoms with Crippen molar-refractivity contribution >= 4 is 17.0 Å². The van der Waals surface area contributed by atoms with Crippen LogP contribution in [0.1, 0.15) is 13.3 Å². The molecule has 0 radical (unpaired) electrons. The highest BCUT2D eigenvalue weighted by molar-refractivity contribution is 5.73. The van der Waals surface area contributed by atoms with Crippen molar-refractivity contribution in [3.8, 4) is 0 Å². The maximum atomic E-state index is 11.3. The molecule has 16 heavy (non-hydrogen) atoms. The van der Waals surface area contributed by atoms with Gasteiger partial charge < -0.3 is 9.72 Å². The molecule has 0 aliphatic heterocycles. The highest BCUT2D eigenvalue weighted by atomic mass is 16.5. The van der Waals surface area contributed by atoms with Crippen LogP contribution in [-0.4, -0.2) is 25.7 Å². The summed E-state index contributed by atoms with van der Waals surface area (Å²) in [6.45, 7) is 1.67. The molecule has 0 saturated heterocycles. The summed E-state index contributed by atoms with van der Waals surface area (Å²) in [6, 6.07) is 0. The van der Waals surface area contributed by atoms with Crippen molar-refractivity contribution in [2.24, 2.45) is 0 Å². The van der Waals surface area contributed by atoms with Gasteiger partial charge in [0.1, 0.15) is 5.39 Å². The lowest BCUT2D eigenvalue weighted by Gasteiger charge is -2.03. The SMILES string of the molecule is CCC(=O)OCn1ncc2c(=O)[nH]cnc21. The Morgan fingerprint density at radius 2 is 2.44 bits per heavy atom. The van der Waals surface area contributed by atoms with Crippen LogP contribution in [0.4, 0.5) is 0 Å². The number of H-pyrrole nitrogens is 1. The second-order valence-electron chi connectivity index (χ2n) is 3.11. The molecule has 0 aromatic carbocycles. The van der Waals surface area contributed by atoms with Gasteiger partial charge in [0.25, 0.3) is 5.56 Å². The molecule has 0 bridgehead atoms. The third-order valence-electron chi connectivity index (χ3n) is 2.08. The Morgan fingerprint density at radius 3 is 3.19 bits per heavy atom. The molecular weight excluding hydrogens is 212 g/mol. The van der Waals surface area contributed by atoms with E-state index in [9.17, 15) is 9.59 Å². The van der Waals surface area contributed by atoms with Gasteiger partial charge in [-0.05, 0) is 0 Å². The number of hydrogen-bond acceptors (Lipinski definition) is 5. The Hall–Kier alpha value is -2.18. The van der Waals surface area contributed by atoms with Gasteiger partial charge >= 0.3 is 5.97 Å². The highest BCUT2D eigenvalue weighted by Crippen LogP contribution is 2.04. The molecule has 0 fully saturated rings. The number of nitrogens with zero attached hydrogens (tertiary/aromatic N) is 3. The molecule has 2 heterocycles. The molecule has 0 unspecified atom stereocenters. The summed E-state index contributed by atoms with van der Waals surface area (Å²) in [6.07, 6.45) is 2.97. The normalized spacial score (nSPS) is 10.6. The lowest BCUT2D eigenvalue weighted by molar-refractivity contribution is -0.147. The molecule has 1 N–H and O–H groups in total. The average molecular weight is 222 g/mol. The monoisotopic (exact) mass is 222 g/mol. The number of esters is 1. The van der Waals surface area contributed by atoms with Gasteiger partial charge in [-0.15, -0.1) is 0 Å². The first-order valence-corrected chi connectivity index (χ1v) is 4.77. The predicted molar refractivity (Wildman–Crippen MR) is 54.5 cm³/mol. The van der Waals surface area contributed by atoms with Crippen molar-refractivity contribution in [1.82, 2.24) is 19.7 Å². The third kappa shape index (κ3) is 1.79. The Labute approximate surface area is 90.1 Å². The Kier molecular flexibility index (Phi) is 2.67. The summed E-state index contributed by atoms with van der Waals surface area (Å²) in [5.74, 6) is -0.325. The second-order valence-corrected chi connectivity index (χ2v) is 3.11. The number of carbonyl (C=O) groups excluding carboxylic acids is 1. The summed E-state index contributed by atoms with van der Waals surface area (Å²) in [4.78, 5) is 28.7. The molecule has 84 valence electrons. The quantitative estimate of drug-likeness (QED) is 0.740. The number of ether oxygens (including phenoxy) is 1. The van der Waals surface area contributed by atoms with E-state index in [2.05, 4.69) is 15.1 Å². The summed E-state index contributed by atoms with van der Waals surface area (Å²) in [5, 5.41) is 4.29. The van der Waals surface area contributed by atoms with E-state index >= 15 is 0 Å². The first-order valence-electron chi connectivity index (χ1n) is 4.77. The van der Waals surface area contributed by atoms with E-state index < -0.39 is 0 Å². The minimum absolute atomic E-state index is 0.0351. The van der Waals surface area contributed by atoms with E-state index in [1.165, 1.54) is 17.2 Å². The number of aromatic nitrogens is 4. The molecule has 0 amide bonds. The van der Waals surface area contributed by atoms with Crippen molar-refractivity contribution in [2.75, 3.05) is 0 Å². The number of aromatic amines is 1. The third-order valence-corrected chi connectivity index (χ3v) is 2.08. The van der Waals surface area contributed by atoms with Crippen LogP contribution < -0.4 is 5.56 Å². The van der Waals surface area contributed by atoms with E-state index in [-0.39, 0.29) is 18.3 Å². The van der Waals surface area contributed by atoms with Gasteiger partial charge in [-0.3, -0.25) is 9.59 Å². The second kappa shape index (κ2) is 4.13. The molecule has 0 spiro atoms. The highest BCUT2D eigenvalue weighted by Gasteiger charge is 2.07. The topological polar surface area (TPSA) is 89.9 Å². The standard InChI is InChI=1S/C9H10N4O3/c1-2-7(14)16-5-13-8-6(3-12-13)9(15)11-4-10-8/h3-4H,2,5H2,1H3,(H,10,11,15). The summed E-state index contributed by atoms with van der Waals surface area (Å²) < 4.78 is 6.25. The predicted octanol–water partition coefficient (Wildman–Crippen LogP) is 0.0303. The molecule has 0 aliphatic carbocycles. The maximum absolute atomic E-state index is 11.3. The van der Waals surface area contributed by atoms with Crippen molar-refractivity contribution in [3.05, 3.63) is 22.9 Å². The van der Waals surface area contributed by atoms with Gasteiger partial charge in [0.15, 0.2) is 12.4 Å². The van der Waals surface area contributed by atoms with Crippen molar-refractivity contribution in [2.45, 2.75) is 20.1 Å². The van der Waals surface area contributed by atoms with Gasteiger partial charge in [0.05, 0.1) is 12.5 Å². The van der Waals surface area contributed by atoms with Gasteiger partial charge in [-0.1, -0.05) is 6.92 Å². The fourth-order valence-electron chi connectivity index (χ4n) is 1.23. The zero-order chi connectivity index (χ0) is 11.5. The largest absolute Gasteiger partial charge is 0.442 e. The minimum atomic E-state index is -0.325. The number of rotatable bonds is 3. The fraction of sp³-hybridized carbons (Fsp3) is 0.333. The van der Waals surface area contributed by atoms with Crippen molar-refractivity contribution in [3.63, 3.8) is 0 Å². The summed E-state index contributed by atoms with van der Waals surface area (Å²) in [7, 11) is 0. The number of fused-ring (bicyclic) bond motifs is 1. The molecule has 0 atom stereocenters. The van der Waals surface area contributed by atoms with Crippen LogP contribution in [0.2, 0.25) is 0 Å². The van der Waals surface area contributed by atoms with Crippen LogP contribution >= 0.6 is 0 Å². The van der Waals surface area contributed by atoms with Gasteiger partial charge in [-0.25, -0.2) is 9.67 Å². The Morgan fingerprint density at radius 1 is 1.62 bits per heavy atom.